The number of hydrogen-bond donors (Lipinski definition) is 1. The molecule has 0 saturated carbocycles. The molecule has 30 heavy (non-hydrogen) atoms. The summed E-state index contributed by atoms with van der Waals surface area (Å²) in [6, 6.07) is 12.5. The van der Waals surface area contributed by atoms with E-state index in [2.05, 4.69) is 5.32 Å². The van der Waals surface area contributed by atoms with E-state index in [-0.39, 0.29) is 29.4 Å². The minimum absolute atomic E-state index is 0.0285. The number of carbonyl (C=O) groups excluding carboxylic acids is 2. The summed E-state index contributed by atoms with van der Waals surface area (Å²) in [5.41, 5.74) is 1.24. The molecule has 156 valence electrons. The van der Waals surface area contributed by atoms with Crippen molar-refractivity contribution in [1.29, 1.82) is 0 Å². The van der Waals surface area contributed by atoms with Gasteiger partial charge in [0.25, 0.3) is 0 Å². The van der Waals surface area contributed by atoms with Gasteiger partial charge in [-0.25, -0.2) is 14.4 Å². The molecule has 0 aliphatic heterocycles. The van der Waals surface area contributed by atoms with Crippen molar-refractivity contribution < 1.29 is 23.5 Å². The van der Waals surface area contributed by atoms with E-state index in [1.54, 1.807) is 19.9 Å². The van der Waals surface area contributed by atoms with Crippen LogP contribution in [0, 0.1) is 6.92 Å². The number of rotatable bonds is 6. The normalized spacial score (nSPS) is 11.7. The third kappa shape index (κ3) is 5.18. The summed E-state index contributed by atoms with van der Waals surface area (Å²) < 4.78 is 15.6. The number of amides is 1. The lowest BCUT2D eigenvalue weighted by molar-refractivity contribution is -0.136. The van der Waals surface area contributed by atoms with Crippen molar-refractivity contribution in [2.24, 2.45) is 0 Å². The number of benzene rings is 2. The van der Waals surface area contributed by atoms with Crippen LogP contribution in [-0.2, 0) is 16.1 Å². The van der Waals surface area contributed by atoms with Crippen LogP contribution in [-0.4, -0.2) is 18.1 Å². The minimum Gasteiger partial charge on any atom is -0.445 e. The predicted molar refractivity (Wildman–Crippen MR) is 112 cm³/mol. The SMILES string of the molecule is CCC(NC(=O)OCc1ccccc1)C(=O)Oc1cc2oc(=O)cc(C)c2cc1Cl. The lowest BCUT2D eigenvalue weighted by Gasteiger charge is -2.16. The van der Waals surface area contributed by atoms with Crippen LogP contribution in [0.1, 0.15) is 24.5 Å². The summed E-state index contributed by atoms with van der Waals surface area (Å²) >= 11 is 6.22. The van der Waals surface area contributed by atoms with Crippen LogP contribution in [0.5, 0.6) is 5.75 Å². The van der Waals surface area contributed by atoms with Gasteiger partial charge in [-0.15, -0.1) is 0 Å². The smallest absolute Gasteiger partial charge is 0.408 e. The van der Waals surface area contributed by atoms with Gasteiger partial charge in [-0.2, -0.15) is 0 Å². The van der Waals surface area contributed by atoms with Gasteiger partial charge in [0, 0.05) is 17.5 Å². The topological polar surface area (TPSA) is 94.8 Å². The van der Waals surface area contributed by atoms with Gasteiger partial charge in [-0.05, 0) is 30.5 Å². The number of fused-ring (bicyclic) bond motifs is 1. The Morgan fingerprint density at radius 2 is 1.90 bits per heavy atom. The van der Waals surface area contributed by atoms with Crippen molar-refractivity contribution in [3.63, 3.8) is 0 Å². The molecule has 0 aliphatic rings. The van der Waals surface area contributed by atoms with Crippen LogP contribution >= 0.6 is 11.6 Å². The Hall–Kier alpha value is -3.32. The molecule has 0 saturated heterocycles. The molecule has 0 spiro atoms. The average molecular weight is 430 g/mol. The van der Waals surface area contributed by atoms with E-state index in [9.17, 15) is 14.4 Å². The quantitative estimate of drug-likeness (QED) is 0.355. The third-order valence-corrected chi connectivity index (χ3v) is 4.71. The predicted octanol–water partition coefficient (Wildman–Crippen LogP) is 4.37. The zero-order valence-electron chi connectivity index (χ0n) is 16.4. The monoisotopic (exact) mass is 429 g/mol. The number of aryl methyl sites for hydroxylation is 1. The van der Waals surface area contributed by atoms with E-state index < -0.39 is 23.7 Å². The maximum absolute atomic E-state index is 12.5. The fourth-order valence-corrected chi connectivity index (χ4v) is 3.01. The van der Waals surface area contributed by atoms with Gasteiger partial charge in [0.1, 0.15) is 18.2 Å². The molecule has 7 nitrogen and oxygen atoms in total. The van der Waals surface area contributed by atoms with Crippen molar-refractivity contribution >= 4 is 34.6 Å². The third-order valence-electron chi connectivity index (χ3n) is 4.41. The zero-order valence-corrected chi connectivity index (χ0v) is 17.2. The summed E-state index contributed by atoms with van der Waals surface area (Å²) in [5, 5.41) is 3.29. The molecule has 1 atom stereocenters. The van der Waals surface area contributed by atoms with E-state index in [0.29, 0.717) is 10.9 Å². The van der Waals surface area contributed by atoms with E-state index in [4.69, 9.17) is 25.5 Å². The highest BCUT2D eigenvalue weighted by Gasteiger charge is 2.23. The highest BCUT2D eigenvalue weighted by atomic mass is 35.5. The number of ether oxygens (including phenoxy) is 2. The first kappa shape index (κ1) is 21.4. The number of halogens is 1. The lowest BCUT2D eigenvalue weighted by atomic mass is 10.1. The van der Waals surface area contributed by atoms with E-state index in [1.165, 1.54) is 12.1 Å². The van der Waals surface area contributed by atoms with Gasteiger partial charge in [0.15, 0.2) is 5.75 Å². The van der Waals surface area contributed by atoms with Crippen molar-refractivity contribution in [1.82, 2.24) is 5.32 Å². The summed E-state index contributed by atoms with van der Waals surface area (Å²) in [6.45, 7) is 3.54. The first-order valence-electron chi connectivity index (χ1n) is 9.30. The standard InChI is InChI=1S/C22H20ClNO6/c1-3-17(24-22(27)28-12-14-7-5-4-6-8-14)21(26)30-19-11-18-15(10-16(19)23)13(2)9-20(25)29-18/h4-11,17H,3,12H2,1-2H3,(H,24,27). The van der Waals surface area contributed by atoms with Gasteiger partial charge in [0.05, 0.1) is 5.02 Å². The maximum atomic E-state index is 12.5. The minimum atomic E-state index is -0.940. The van der Waals surface area contributed by atoms with Gasteiger partial charge >= 0.3 is 17.7 Å². The molecule has 3 aromatic rings. The van der Waals surface area contributed by atoms with Crippen LogP contribution in [0.2, 0.25) is 5.02 Å². The summed E-state index contributed by atoms with van der Waals surface area (Å²) in [7, 11) is 0. The Kier molecular flexibility index (Phi) is 6.74. The van der Waals surface area contributed by atoms with Crippen LogP contribution in [0.3, 0.4) is 0 Å². The molecule has 1 aromatic heterocycles. The first-order valence-corrected chi connectivity index (χ1v) is 9.68. The molecule has 8 heteroatoms. The van der Waals surface area contributed by atoms with Gasteiger partial charge in [0.2, 0.25) is 0 Å². The fourth-order valence-electron chi connectivity index (χ4n) is 2.81. The number of nitrogens with one attached hydrogen (secondary N) is 1. The average Bonchev–Trinajstić information content (AvgIpc) is 2.72. The zero-order chi connectivity index (χ0) is 21.7. The summed E-state index contributed by atoms with van der Waals surface area (Å²) in [6.07, 6.45) is -0.465. The van der Waals surface area contributed by atoms with E-state index in [0.717, 1.165) is 5.56 Å². The number of hydrogen-bond acceptors (Lipinski definition) is 6. The summed E-state index contributed by atoms with van der Waals surface area (Å²) in [4.78, 5) is 36.2. The van der Waals surface area contributed by atoms with E-state index in [1.807, 2.05) is 30.3 Å². The second-order valence-corrected chi connectivity index (χ2v) is 7.02. The molecular formula is C22H20ClNO6. The Labute approximate surface area is 177 Å². The maximum Gasteiger partial charge on any atom is 0.408 e. The van der Waals surface area contributed by atoms with Gasteiger partial charge < -0.3 is 19.2 Å². The Balaban J connectivity index is 1.68. The van der Waals surface area contributed by atoms with Crippen molar-refractivity contribution in [3.05, 3.63) is 75.1 Å². The van der Waals surface area contributed by atoms with Gasteiger partial charge in [-0.3, -0.25) is 0 Å². The van der Waals surface area contributed by atoms with Crippen LogP contribution in [0.15, 0.2) is 57.7 Å². The molecule has 0 fully saturated rings. The highest BCUT2D eigenvalue weighted by Crippen LogP contribution is 2.31. The largest absolute Gasteiger partial charge is 0.445 e. The molecule has 1 N–H and O–H groups in total. The van der Waals surface area contributed by atoms with E-state index >= 15 is 0 Å². The van der Waals surface area contributed by atoms with Crippen LogP contribution < -0.4 is 15.7 Å². The lowest BCUT2D eigenvalue weighted by Crippen LogP contribution is -2.42. The first-order chi connectivity index (χ1) is 14.4. The molecular weight excluding hydrogens is 410 g/mol. The number of esters is 1. The van der Waals surface area contributed by atoms with Gasteiger partial charge in [-0.1, -0.05) is 48.9 Å². The molecule has 1 heterocycles. The molecule has 0 bridgehead atoms. The second kappa shape index (κ2) is 9.45. The van der Waals surface area contributed by atoms with Crippen molar-refractivity contribution in [2.45, 2.75) is 32.9 Å². The Morgan fingerprint density at radius 1 is 1.17 bits per heavy atom. The molecule has 0 radical (unpaired) electrons. The molecule has 1 unspecified atom stereocenters. The molecule has 1 amide bonds. The molecule has 0 aliphatic carbocycles. The summed E-state index contributed by atoms with van der Waals surface area (Å²) in [5.74, 6) is -0.689. The second-order valence-electron chi connectivity index (χ2n) is 6.62. The Bertz CT molecular complexity index is 1130. The number of carbonyl (C=O) groups is 2. The molecule has 2 aromatic carbocycles. The molecule has 3 rings (SSSR count). The van der Waals surface area contributed by atoms with Crippen LogP contribution in [0.25, 0.3) is 11.0 Å². The fraction of sp³-hybridized carbons (Fsp3) is 0.227. The van der Waals surface area contributed by atoms with Crippen LogP contribution in [0.4, 0.5) is 4.79 Å². The van der Waals surface area contributed by atoms with Crippen molar-refractivity contribution in [3.8, 4) is 5.75 Å². The Morgan fingerprint density at radius 3 is 2.60 bits per heavy atom. The van der Waals surface area contributed by atoms with Crippen molar-refractivity contribution in [2.75, 3.05) is 0 Å². The number of alkyl carbamates (subject to hydrolysis) is 1. The highest BCUT2D eigenvalue weighted by molar-refractivity contribution is 6.33.